The molecule has 3 rings (SSSR count). The number of benzene rings is 1. The normalized spacial score (nSPS) is 14.9. The van der Waals surface area contributed by atoms with E-state index in [1.807, 2.05) is 31.2 Å². The van der Waals surface area contributed by atoms with E-state index < -0.39 is 0 Å². The summed E-state index contributed by atoms with van der Waals surface area (Å²) >= 11 is 1.58. The van der Waals surface area contributed by atoms with Crippen molar-refractivity contribution in [2.45, 2.75) is 19.8 Å². The van der Waals surface area contributed by atoms with Crippen molar-refractivity contribution >= 4 is 22.4 Å². The lowest BCUT2D eigenvalue weighted by Crippen LogP contribution is -2.23. The third-order valence-corrected chi connectivity index (χ3v) is 4.45. The number of hydrogen-bond acceptors (Lipinski definition) is 4. The van der Waals surface area contributed by atoms with E-state index in [4.69, 9.17) is 4.74 Å². The number of carbonyl (C=O) groups excluding carboxylic acids is 1. The van der Waals surface area contributed by atoms with Crippen LogP contribution in [0, 0.1) is 6.92 Å². The summed E-state index contributed by atoms with van der Waals surface area (Å²) in [6.07, 6.45) is 1.56. The Kier molecular flexibility index (Phi) is 3.44. The molecule has 20 heavy (non-hydrogen) atoms. The highest BCUT2D eigenvalue weighted by Crippen LogP contribution is 2.34. The summed E-state index contributed by atoms with van der Waals surface area (Å²) in [5.74, 6) is 1.01. The fraction of sp³-hybridized carbons (Fsp3) is 0.333. The van der Waals surface area contributed by atoms with Gasteiger partial charge in [-0.3, -0.25) is 9.69 Å². The molecule has 1 fully saturated rings. The van der Waals surface area contributed by atoms with Crippen LogP contribution in [0.15, 0.2) is 24.3 Å². The van der Waals surface area contributed by atoms with Gasteiger partial charge in [0, 0.05) is 23.4 Å². The van der Waals surface area contributed by atoms with Gasteiger partial charge in [0.1, 0.15) is 5.75 Å². The molecule has 1 aliphatic rings. The van der Waals surface area contributed by atoms with Crippen LogP contribution in [-0.4, -0.2) is 24.5 Å². The zero-order valence-corrected chi connectivity index (χ0v) is 12.4. The number of methoxy groups -OCH3 is 1. The molecular weight excluding hydrogens is 272 g/mol. The van der Waals surface area contributed by atoms with Gasteiger partial charge in [0.05, 0.1) is 12.8 Å². The largest absolute Gasteiger partial charge is 0.497 e. The zero-order chi connectivity index (χ0) is 14.1. The van der Waals surface area contributed by atoms with Crippen molar-refractivity contribution < 1.29 is 9.53 Å². The Balaban J connectivity index is 1.93. The standard InChI is InChI=1S/C15H16N2O2S/c1-10-14(11-5-7-12(19-2)8-6-11)16-15(20-10)17-9-3-4-13(17)18/h5-8H,3-4,9H2,1-2H3. The van der Waals surface area contributed by atoms with Gasteiger partial charge in [-0.2, -0.15) is 0 Å². The van der Waals surface area contributed by atoms with Crippen LogP contribution in [0.25, 0.3) is 11.3 Å². The summed E-state index contributed by atoms with van der Waals surface area (Å²) in [7, 11) is 1.65. The van der Waals surface area contributed by atoms with Crippen molar-refractivity contribution in [3.63, 3.8) is 0 Å². The first-order valence-corrected chi connectivity index (χ1v) is 7.43. The van der Waals surface area contributed by atoms with Crippen molar-refractivity contribution in [2.75, 3.05) is 18.6 Å². The highest BCUT2D eigenvalue weighted by Gasteiger charge is 2.25. The van der Waals surface area contributed by atoms with Gasteiger partial charge in [0.25, 0.3) is 0 Å². The molecule has 0 saturated carbocycles. The smallest absolute Gasteiger partial charge is 0.228 e. The van der Waals surface area contributed by atoms with Crippen LogP contribution in [-0.2, 0) is 4.79 Å². The Bertz CT molecular complexity index is 634. The first-order chi connectivity index (χ1) is 9.69. The van der Waals surface area contributed by atoms with Crippen molar-refractivity contribution in [1.29, 1.82) is 0 Å². The van der Waals surface area contributed by atoms with Crippen molar-refractivity contribution in [1.82, 2.24) is 4.98 Å². The predicted molar refractivity (Wildman–Crippen MR) is 80.4 cm³/mol. The molecule has 1 aromatic heterocycles. The fourth-order valence-electron chi connectivity index (χ4n) is 2.36. The number of anilines is 1. The van der Waals surface area contributed by atoms with E-state index in [2.05, 4.69) is 4.98 Å². The number of rotatable bonds is 3. The maximum Gasteiger partial charge on any atom is 0.228 e. The van der Waals surface area contributed by atoms with Gasteiger partial charge < -0.3 is 4.74 Å². The summed E-state index contributed by atoms with van der Waals surface area (Å²) < 4.78 is 5.17. The first-order valence-electron chi connectivity index (χ1n) is 6.61. The van der Waals surface area contributed by atoms with Gasteiger partial charge >= 0.3 is 0 Å². The molecule has 0 bridgehead atoms. The lowest BCUT2D eigenvalue weighted by molar-refractivity contribution is -0.117. The average Bonchev–Trinajstić information content (AvgIpc) is 3.05. The number of hydrogen-bond donors (Lipinski definition) is 0. The topological polar surface area (TPSA) is 42.4 Å². The van der Waals surface area contributed by atoms with E-state index in [0.29, 0.717) is 6.42 Å². The molecule has 1 amide bonds. The minimum Gasteiger partial charge on any atom is -0.497 e. The third kappa shape index (κ3) is 2.29. The van der Waals surface area contributed by atoms with E-state index in [1.165, 1.54) is 0 Å². The molecule has 0 unspecified atom stereocenters. The first kappa shape index (κ1) is 13.1. The Labute approximate surface area is 122 Å². The van der Waals surface area contributed by atoms with Crippen LogP contribution in [0.2, 0.25) is 0 Å². The molecule has 5 heteroatoms. The Morgan fingerprint density at radius 3 is 2.65 bits per heavy atom. The van der Waals surface area contributed by atoms with Crippen LogP contribution >= 0.6 is 11.3 Å². The highest BCUT2D eigenvalue weighted by molar-refractivity contribution is 7.16. The highest BCUT2D eigenvalue weighted by atomic mass is 32.1. The van der Waals surface area contributed by atoms with Crippen molar-refractivity contribution in [2.24, 2.45) is 0 Å². The van der Waals surface area contributed by atoms with Crippen molar-refractivity contribution in [3.05, 3.63) is 29.1 Å². The molecule has 104 valence electrons. The van der Waals surface area contributed by atoms with E-state index >= 15 is 0 Å². The van der Waals surface area contributed by atoms with E-state index in [0.717, 1.165) is 40.0 Å². The Morgan fingerprint density at radius 2 is 2.05 bits per heavy atom. The van der Waals surface area contributed by atoms with E-state index in [-0.39, 0.29) is 5.91 Å². The van der Waals surface area contributed by atoms with Gasteiger partial charge in [0.15, 0.2) is 5.13 Å². The Morgan fingerprint density at radius 1 is 1.30 bits per heavy atom. The monoisotopic (exact) mass is 288 g/mol. The number of thiazole rings is 1. The van der Waals surface area contributed by atoms with Gasteiger partial charge in [-0.1, -0.05) is 0 Å². The minimum atomic E-state index is 0.181. The SMILES string of the molecule is COc1ccc(-c2nc(N3CCCC3=O)sc2C)cc1. The van der Waals surface area contributed by atoms with Crippen LogP contribution < -0.4 is 9.64 Å². The van der Waals surface area contributed by atoms with Gasteiger partial charge in [-0.15, -0.1) is 11.3 Å². The number of amides is 1. The molecule has 2 heterocycles. The number of aromatic nitrogens is 1. The van der Waals surface area contributed by atoms with Crippen LogP contribution in [0.3, 0.4) is 0 Å². The van der Waals surface area contributed by atoms with Gasteiger partial charge in [-0.25, -0.2) is 4.98 Å². The maximum atomic E-state index is 11.8. The number of carbonyl (C=O) groups is 1. The van der Waals surface area contributed by atoms with Crippen LogP contribution in [0.4, 0.5) is 5.13 Å². The van der Waals surface area contributed by atoms with Crippen molar-refractivity contribution in [3.8, 4) is 17.0 Å². The average molecular weight is 288 g/mol. The second kappa shape index (κ2) is 5.25. The summed E-state index contributed by atoms with van der Waals surface area (Å²) in [6.45, 7) is 2.83. The minimum absolute atomic E-state index is 0.181. The number of nitrogens with zero attached hydrogens (tertiary/aromatic N) is 2. The molecule has 0 atom stereocenters. The van der Waals surface area contributed by atoms with Crippen LogP contribution in [0.1, 0.15) is 17.7 Å². The molecule has 0 spiro atoms. The molecule has 2 aromatic rings. The lowest BCUT2D eigenvalue weighted by atomic mass is 10.1. The Hall–Kier alpha value is -1.88. The summed E-state index contributed by atoms with van der Waals surface area (Å²) in [6, 6.07) is 7.84. The second-order valence-electron chi connectivity index (χ2n) is 4.78. The van der Waals surface area contributed by atoms with Crippen LogP contribution in [0.5, 0.6) is 5.75 Å². The zero-order valence-electron chi connectivity index (χ0n) is 11.5. The van der Waals surface area contributed by atoms with E-state index in [1.54, 1.807) is 23.3 Å². The molecule has 1 saturated heterocycles. The predicted octanol–water partition coefficient (Wildman–Crippen LogP) is 3.25. The third-order valence-electron chi connectivity index (χ3n) is 3.45. The molecule has 0 aliphatic carbocycles. The number of aryl methyl sites for hydroxylation is 1. The van der Waals surface area contributed by atoms with Gasteiger partial charge in [0.2, 0.25) is 5.91 Å². The molecule has 0 N–H and O–H groups in total. The molecular formula is C15H16N2O2S. The maximum absolute atomic E-state index is 11.8. The summed E-state index contributed by atoms with van der Waals surface area (Å²) in [5.41, 5.74) is 2.00. The quantitative estimate of drug-likeness (QED) is 0.870. The molecule has 1 aliphatic heterocycles. The second-order valence-corrected chi connectivity index (χ2v) is 5.96. The number of ether oxygens (including phenoxy) is 1. The lowest BCUT2D eigenvalue weighted by Gasteiger charge is -2.10. The molecule has 0 radical (unpaired) electrons. The molecule has 1 aromatic carbocycles. The summed E-state index contributed by atoms with van der Waals surface area (Å²) in [4.78, 5) is 19.4. The van der Waals surface area contributed by atoms with E-state index in [9.17, 15) is 4.79 Å². The molecule has 4 nitrogen and oxygen atoms in total. The van der Waals surface area contributed by atoms with Gasteiger partial charge in [-0.05, 0) is 37.6 Å². The summed E-state index contributed by atoms with van der Waals surface area (Å²) in [5, 5.41) is 0.816. The fourth-order valence-corrected chi connectivity index (χ4v) is 3.34.